The molecule has 25 heavy (non-hydrogen) atoms. The number of carbonyl (C=O) groups excluding carboxylic acids is 1. The zero-order valence-corrected chi connectivity index (χ0v) is 13.8. The molecule has 0 radical (unpaired) electrons. The van der Waals surface area contributed by atoms with E-state index in [2.05, 4.69) is 21.2 Å². The van der Waals surface area contributed by atoms with E-state index in [0.717, 1.165) is 12.1 Å². The number of hydrogen-bond acceptors (Lipinski definition) is 1. The molecule has 0 aliphatic heterocycles. The molecule has 1 amide bonds. The van der Waals surface area contributed by atoms with Gasteiger partial charge >= 0.3 is 12.4 Å². The van der Waals surface area contributed by atoms with E-state index in [9.17, 15) is 31.1 Å². The Morgan fingerprint density at radius 1 is 0.880 bits per heavy atom. The van der Waals surface area contributed by atoms with Gasteiger partial charge in [-0.1, -0.05) is 24.3 Å². The summed E-state index contributed by atoms with van der Waals surface area (Å²) in [6.45, 7) is 0. The van der Waals surface area contributed by atoms with Crippen LogP contribution in [0.1, 0.15) is 21.8 Å². The summed E-state index contributed by atoms with van der Waals surface area (Å²) in [5, 5.41) is 2.41. The van der Waals surface area contributed by atoms with Crippen molar-refractivity contribution in [3.05, 3.63) is 64.1 Å². The van der Waals surface area contributed by atoms with Crippen LogP contribution in [0.3, 0.4) is 0 Å². The molecule has 2 aromatic rings. The molecule has 0 atom stereocenters. The fraction of sp³-hybridized carbons (Fsp3) is 0.188. The summed E-state index contributed by atoms with van der Waals surface area (Å²) >= 11 is 3.17. The van der Waals surface area contributed by atoms with Gasteiger partial charge in [0.1, 0.15) is 0 Å². The summed E-state index contributed by atoms with van der Waals surface area (Å²) in [7, 11) is 0. The number of alkyl halides is 6. The first-order chi connectivity index (χ1) is 11.5. The maximum Gasteiger partial charge on any atom is 0.404 e. The standard InChI is InChI=1S/C16H10BrF6NO/c17-12-4-2-1-3-11(12)14(25)24-10-7-5-9(6-8-10)13(15(18,19)20)16(21,22)23/h1-8,13H,(H,24,25). The van der Waals surface area contributed by atoms with E-state index in [1.807, 2.05) is 0 Å². The number of hydrogen-bond donors (Lipinski definition) is 1. The predicted octanol–water partition coefficient (Wildman–Crippen LogP) is 5.91. The lowest BCUT2D eigenvalue weighted by Crippen LogP contribution is -2.34. The third-order valence-corrected chi connectivity index (χ3v) is 3.97. The summed E-state index contributed by atoms with van der Waals surface area (Å²) < 4.78 is 76.6. The molecule has 0 unspecified atom stereocenters. The molecule has 0 heterocycles. The zero-order valence-electron chi connectivity index (χ0n) is 12.3. The molecule has 9 heteroatoms. The molecule has 0 aliphatic carbocycles. The van der Waals surface area contributed by atoms with E-state index in [0.29, 0.717) is 16.6 Å². The number of benzene rings is 2. The van der Waals surface area contributed by atoms with E-state index in [-0.39, 0.29) is 11.3 Å². The van der Waals surface area contributed by atoms with Gasteiger partial charge in [0.25, 0.3) is 5.91 Å². The van der Waals surface area contributed by atoms with Gasteiger partial charge in [0, 0.05) is 10.2 Å². The van der Waals surface area contributed by atoms with Crippen LogP contribution in [-0.2, 0) is 0 Å². The van der Waals surface area contributed by atoms with Crippen molar-refractivity contribution in [2.75, 3.05) is 5.32 Å². The lowest BCUT2D eigenvalue weighted by Gasteiger charge is -2.23. The third-order valence-electron chi connectivity index (χ3n) is 3.28. The van der Waals surface area contributed by atoms with Crippen LogP contribution in [0.5, 0.6) is 0 Å². The minimum Gasteiger partial charge on any atom is -0.322 e. The lowest BCUT2D eigenvalue weighted by atomic mass is 9.97. The average molecular weight is 426 g/mol. The van der Waals surface area contributed by atoms with Gasteiger partial charge in [0.15, 0.2) is 5.92 Å². The molecule has 0 bridgehead atoms. The normalized spacial score (nSPS) is 12.3. The van der Waals surface area contributed by atoms with Crippen molar-refractivity contribution in [1.29, 1.82) is 0 Å². The zero-order chi connectivity index (χ0) is 18.8. The molecule has 0 aliphatic rings. The van der Waals surface area contributed by atoms with Crippen LogP contribution in [-0.4, -0.2) is 18.3 Å². The Morgan fingerprint density at radius 3 is 1.88 bits per heavy atom. The second-order valence-corrected chi connectivity index (χ2v) is 5.93. The van der Waals surface area contributed by atoms with Crippen LogP contribution in [0.4, 0.5) is 32.0 Å². The largest absolute Gasteiger partial charge is 0.404 e. The smallest absolute Gasteiger partial charge is 0.322 e. The summed E-state index contributed by atoms with van der Waals surface area (Å²) in [5.41, 5.74) is -0.596. The van der Waals surface area contributed by atoms with Gasteiger partial charge in [0.2, 0.25) is 0 Å². The van der Waals surface area contributed by atoms with Crippen LogP contribution >= 0.6 is 15.9 Å². The van der Waals surface area contributed by atoms with Crippen LogP contribution in [0.2, 0.25) is 0 Å². The van der Waals surface area contributed by atoms with Crippen molar-refractivity contribution < 1.29 is 31.1 Å². The van der Waals surface area contributed by atoms with Crippen molar-refractivity contribution in [1.82, 2.24) is 0 Å². The first-order valence-corrected chi connectivity index (χ1v) is 7.58. The van der Waals surface area contributed by atoms with Crippen molar-refractivity contribution >= 4 is 27.5 Å². The number of anilines is 1. The summed E-state index contributed by atoms with van der Waals surface area (Å²) in [5.74, 6) is -4.13. The number of halogens is 7. The molecule has 2 rings (SSSR count). The predicted molar refractivity (Wildman–Crippen MR) is 83.4 cm³/mol. The molecule has 2 aromatic carbocycles. The van der Waals surface area contributed by atoms with Crippen molar-refractivity contribution in [3.63, 3.8) is 0 Å². The summed E-state index contributed by atoms with van der Waals surface area (Å²) in [6.07, 6.45) is -10.9. The van der Waals surface area contributed by atoms with Crippen LogP contribution < -0.4 is 5.32 Å². The fourth-order valence-corrected chi connectivity index (χ4v) is 2.63. The third kappa shape index (κ3) is 4.75. The number of nitrogens with one attached hydrogen (secondary N) is 1. The molecule has 1 N–H and O–H groups in total. The van der Waals surface area contributed by atoms with Crippen LogP contribution in [0.25, 0.3) is 0 Å². The molecule has 2 nitrogen and oxygen atoms in total. The van der Waals surface area contributed by atoms with E-state index in [4.69, 9.17) is 0 Å². The monoisotopic (exact) mass is 425 g/mol. The van der Waals surface area contributed by atoms with Gasteiger partial charge in [-0.2, -0.15) is 26.3 Å². The minimum atomic E-state index is -5.46. The highest BCUT2D eigenvalue weighted by Crippen LogP contribution is 2.46. The Balaban J connectivity index is 2.22. The van der Waals surface area contributed by atoms with Gasteiger partial charge in [0.05, 0.1) is 5.56 Å². The van der Waals surface area contributed by atoms with Gasteiger partial charge < -0.3 is 5.32 Å². The molecular formula is C16H10BrF6NO. The topological polar surface area (TPSA) is 29.1 Å². The summed E-state index contributed by atoms with van der Waals surface area (Å²) in [4.78, 5) is 12.1. The van der Waals surface area contributed by atoms with E-state index >= 15 is 0 Å². The van der Waals surface area contributed by atoms with Crippen molar-refractivity contribution in [2.24, 2.45) is 0 Å². The molecule has 0 saturated heterocycles. The van der Waals surface area contributed by atoms with Crippen LogP contribution in [0, 0.1) is 0 Å². The Bertz CT molecular complexity index is 740. The van der Waals surface area contributed by atoms with Crippen molar-refractivity contribution in [2.45, 2.75) is 18.3 Å². The van der Waals surface area contributed by atoms with E-state index < -0.39 is 29.7 Å². The Morgan fingerprint density at radius 2 is 1.40 bits per heavy atom. The molecule has 0 aromatic heterocycles. The van der Waals surface area contributed by atoms with Gasteiger partial charge in [-0.25, -0.2) is 0 Å². The van der Waals surface area contributed by atoms with Gasteiger partial charge in [-0.15, -0.1) is 0 Å². The Hall–Kier alpha value is -2.03. The number of amides is 1. The van der Waals surface area contributed by atoms with Crippen molar-refractivity contribution in [3.8, 4) is 0 Å². The fourth-order valence-electron chi connectivity index (χ4n) is 2.17. The second kappa shape index (κ2) is 7.07. The molecule has 134 valence electrons. The molecule has 0 spiro atoms. The number of rotatable bonds is 3. The van der Waals surface area contributed by atoms with Gasteiger partial charge in [-0.3, -0.25) is 4.79 Å². The number of carbonyl (C=O) groups is 1. The second-order valence-electron chi connectivity index (χ2n) is 5.07. The highest BCUT2D eigenvalue weighted by atomic mass is 79.9. The highest BCUT2D eigenvalue weighted by molar-refractivity contribution is 9.10. The quantitative estimate of drug-likeness (QED) is 0.608. The summed E-state index contributed by atoms with van der Waals surface area (Å²) in [6, 6.07) is 9.81. The Labute approximate surface area is 147 Å². The maximum absolute atomic E-state index is 12.7. The first kappa shape index (κ1) is 19.3. The lowest BCUT2D eigenvalue weighted by molar-refractivity contribution is -0.253. The van der Waals surface area contributed by atoms with Crippen LogP contribution in [0.15, 0.2) is 53.0 Å². The Kier molecular flexibility index (Phi) is 5.46. The van der Waals surface area contributed by atoms with E-state index in [1.54, 1.807) is 18.2 Å². The van der Waals surface area contributed by atoms with Gasteiger partial charge in [-0.05, 0) is 45.8 Å². The SMILES string of the molecule is O=C(Nc1ccc(C(C(F)(F)F)C(F)(F)F)cc1)c1ccccc1Br. The molecule has 0 fully saturated rings. The van der Waals surface area contributed by atoms with E-state index in [1.165, 1.54) is 6.07 Å². The average Bonchev–Trinajstić information content (AvgIpc) is 2.46. The highest BCUT2D eigenvalue weighted by Gasteiger charge is 2.57. The molecule has 0 saturated carbocycles. The molecular weight excluding hydrogens is 416 g/mol. The minimum absolute atomic E-state index is 0.0765. The first-order valence-electron chi connectivity index (χ1n) is 6.79. The maximum atomic E-state index is 12.7.